The average Bonchev–Trinajstić information content (AvgIpc) is 3.18. The Kier molecular flexibility index (Phi) is 21.1. The normalized spacial score (nSPS) is 15.2. The molecule has 0 aliphatic carbocycles. The highest BCUT2D eigenvalue weighted by Gasteiger charge is 2.38. The van der Waals surface area contributed by atoms with E-state index >= 15 is 0 Å². The molecule has 0 amide bonds. The zero-order chi connectivity index (χ0) is 41.8. The molecule has 0 aliphatic heterocycles. The number of carbonyl (C=O) groups excluding carboxylic acids is 4. The smallest absolute Gasteiger partial charge is 0.306 e. The van der Waals surface area contributed by atoms with Crippen LogP contribution in [0, 0.1) is 5.92 Å². The first kappa shape index (κ1) is 48.7. The van der Waals surface area contributed by atoms with Crippen LogP contribution in [0.5, 0.6) is 0 Å². The van der Waals surface area contributed by atoms with Gasteiger partial charge in [-0.3, -0.25) is 19.2 Å². The molecule has 11 heteroatoms. The summed E-state index contributed by atoms with van der Waals surface area (Å²) in [6.07, 6.45) is 3.23. The van der Waals surface area contributed by atoms with E-state index in [4.69, 9.17) is 24.7 Å². The summed E-state index contributed by atoms with van der Waals surface area (Å²) in [5.41, 5.74) is 6.40. The lowest BCUT2D eigenvalue weighted by Crippen LogP contribution is -2.59. The molecule has 56 heavy (non-hydrogen) atoms. The molecule has 0 spiro atoms. The van der Waals surface area contributed by atoms with Gasteiger partial charge in [0.1, 0.15) is 13.2 Å². The van der Waals surface area contributed by atoms with Gasteiger partial charge in [0.05, 0.1) is 35.4 Å². The van der Waals surface area contributed by atoms with Gasteiger partial charge in [0.2, 0.25) is 0 Å². The van der Waals surface area contributed by atoms with Gasteiger partial charge in [0.25, 0.3) is 0 Å². The van der Waals surface area contributed by atoms with E-state index in [9.17, 15) is 19.2 Å². The maximum atomic E-state index is 14.4. The fourth-order valence-electron chi connectivity index (χ4n) is 6.14. The minimum absolute atomic E-state index is 0.00814. The summed E-state index contributed by atoms with van der Waals surface area (Å²) >= 11 is 0. The van der Waals surface area contributed by atoms with Gasteiger partial charge in [-0.1, -0.05) is 81.4 Å². The SMILES string of the molecule is CCCOC(C)(C)CCOC(C)(C)CCNC(C)(CC)C(=O)[C@H](CCC(=O)OCc1ccccc1)NC(C)C(C)C(=O)[C@@H](N)CCC(=O)OCc1ccccc1. The number of benzene rings is 2. The minimum Gasteiger partial charge on any atom is -0.461 e. The summed E-state index contributed by atoms with van der Waals surface area (Å²) < 4.78 is 23.1. The zero-order valence-electron chi connectivity index (χ0n) is 35.6. The van der Waals surface area contributed by atoms with Crippen LogP contribution in [0.1, 0.15) is 125 Å². The molecule has 2 aromatic rings. The van der Waals surface area contributed by atoms with Crippen LogP contribution in [0.25, 0.3) is 0 Å². The maximum absolute atomic E-state index is 14.4. The second-order valence-electron chi connectivity index (χ2n) is 16.4. The van der Waals surface area contributed by atoms with Gasteiger partial charge in [0.15, 0.2) is 11.6 Å². The van der Waals surface area contributed by atoms with Crippen molar-refractivity contribution in [2.75, 3.05) is 19.8 Å². The van der Waals surface area contributed by atoms with Crippen molar-refractivity contribution in [3.05, 3.63) is 71.8 Å². The highest BCUT2D eigenvalue weighted by Crippen LogP contribution is 2.22. The number of Topliss-reactive ketones (excluding diaryl/α,β-unsaturated/α-hetero) is 2. The predicted octanol–water partition coefficient (Wildman–Crippen LogP) is 7.02. The van der Waals surface area contributed by atoms with Crippen LogP contribution in [-0.4, -0.2) is 78.1 Å². The van der Waals surface area contributed by atoms with Gasteiger partial charge < -0.3 is 35.3 Å². The Hall–Kier alpha value is -3.48. The van der Waals surface area contributed by atoms with Crippen LogP contribution in [0.2, 0.25) is 0 Å². The van der Waals surface area contributed by atoms with Crippen molar-refractivity contribution in [2.45, 2.75) is 162 Å². The molecule has 0 fully saturated rings. The molecule has 5 atom stereocenters. The van der Waals surface area contributed by atoms with Gasteiger partial charge >= 0.3 is 11.9 Å². The van der Waals surface area contributed by atoms with E-state index in [2.05, 4.69) is 31.4 Å². The van der Waals surface area contributed by atoms with Crippen LogP contribution in [-0.2, 0) is 51.3 Å². The molecular weight excluding hydrogens is 711 g/mol. The minimum atomic E-state index is -0.929. The van der Waals surface area contributed by atoms with Crippen molar-refractivity contribution in [3.8, 4) is 0 Å². The fourth-order valence-corrected chi connectivity index (χ4v) is 6.14. The number of nitrogens with one attached hydrogen (secondary N) is 2. The number of rotatable bonds is 29. The van der Waals surface area contributed by atoms with Crippen LogP contribution in [0.4, 0.5) is 0 Å². The van der Waals surface area contributed by atoms with Crippen molar-refractivity contribution in [3.63, 3.8) is 0 Å². The molecule has 0 saturated carbocycles. The molecule has 11 nitrogen and oxygen atoms in total. The Balaban J connectivity index is 2.06. The predicted molar refractivity (Wildman–Crippen MR) is 221 cm³/mol. The monoisotopic (exact) mass is 782 g/mol. The lowest BCUT2D eigenvalue weighted by molar-refractivity contribution is -0.146. The van der Waals surface area contributed by atoms with Gasteiger partial charge in [-0.25, -0.2) is 0 Å². The van der Waals surface area contributed by atoms with Gasteiger partial charge in [-0.2, -0.15) is 0 Å². The van der Waals surface area contributed by atoms with E-state index in [1.165, 1.54) is 0 Å². The van der Waals surface area contributed by atoms with Crippen molar-refractivity contribution >= 4 is 23.5 Å². The summed E-state index contributed by atoms with van der Waals surface area (Å²) in [5, 5.41) is 6.89. The third-order valence-corrected chi connectivity index (χ3v) is 10.5. The number of hydrogen-bond acceptors (Lipinski definition) is 11. The van der Waals surface area contributed by atoms with E-state index < -0.39 is 47.1 Å². The van der Waals surface area contributed by atoms with Crippen LogP contribution >= 0.6 is 0 Å². The van der Waals surface area contributed by atoms with E-state index in [1.807, 2.05) is 95.3 Å². The lowest BCUT2D eigenvalue weighted by Gasteiger charge is -2.36. The number of ketones is 2. The Bertz CT molecular complexity index is 1470. The zero-order valence-corrected chi connectivity index (χ0v) is 35.6. The average molecular weight is 782 g/mol. The molecule has 0 heterocycles. The topological polar surface area (TPSA) is 155 Å². The van der Waals surface area contributed by atoms with E-state index in [-0.39, 0.29) is 56.1 Å². The molecule has 0 saturated heterocycles. The third kappa shape index (κ3) is 18.2. The molecule has 0 aliphatic rings. The van der Waals surface area contributed by atoms with Crippen LogP contribution < -0.4 is 16.4 Å². The van der Waals surface area contributed by atoms with Crippen LogP contribution in [0.3, 0.4) is 0 Å². The molecule has 0 radical (unpaired) electrons. The number of esters is 2. The standard InChI is InChI=1S/C45H71N3O8/c1-10-29-55-44(7,8)27-30-56-43(5,6)26-28-47-45(9,11-2)42(52)38(23-25-40(50)54-32-36-20-16-13-17-21-36)48-34(4)33(3)41(51)37(46)22-24-39(49)53-31-35-18-14-12-15-19-35/h12-21,33-34,37-38,47-48H,10-11,22-32,46H2,1-9H3/t33?,34?,37-,38-,45?/m0/s1. The second-order valence-corrected chi connectivity index (χ2v) is 16.4. The maximum Gasteiger partial charge on any atom is 0.306 e. The Morgan fingerprint density at radius 1 is 0.714 bits per heavy atom. The number of nitrogens with two attached hydrogens (primary N) is 1. The molecule has 0 aromatic heterocycles. The Morgan fingerprint density at radius 2 is 1.21 bits per heavy atom. The summed E-state index contributed by atoms with van der Waals surface area (Å²) in [5.74, 6) is -1.76. The van der Waals surface area contributed by atoms with Crippen LogP contribution in [0.15, 0.2) is 60.7 Å². The lowest BCUT2D eigenvalue weighted by atomic mass is 9.85. The quantitative estimate of drug-likeness (QED) is 0.0730. The molecule has 314 valence electrons. The van der Waals surface area contributed by atoms with Crippen molar-refractivity contribution in [1.29, 1.82) is 0 Å². The third-order valence-electron chi connectivity index (χ3n) is 10.5. The van der Waals surface area contributed by atoms with Gasteiger partial charge in [-0.15, -0.1) is 0 Å². The summed E-state index contributed by atoms with van der Waals surface area (Å²) in [7, 11) is 0. The largest absolute Gasteiger partial charge is 0.461 e. The highest BCUT2D eigenvalue weighted by atomic mass is 16.5. The summed E-state index contributed by atoms with van der Waals surface area (Å²) in [4.78, 5) is 53.2. The first-order valence-corrected chi connectivity index (χ1v) is 20.4. The van der Waals surface area contributed by atoms with Crippen molar-refractivity contribution < 1.29 is 38.1 Å². The molecule has 0 bridgehead atoms. The molecule has 3 unspecified atom stereocenters. The number of carbonyl (C=O) groups is 4. The number of hydrogen-bond donors (Lipinski definition) is 3. The van der Waals surface area contributed by atoms with Gasteiger partial charge in [-0.05, 0) is 97.7 Å². The molecule has 2 aromatic carbocycles. The van der Waals surface area contributed by atoms with E-state index in [0.29, 0.717) is 32.6 Å². The molecule has 4 N–H and O–H groups in total. The van der Waals surface area contributed by atoms with E-state index in [0.717, 1.165) is 24.0 Å². The first-order chi connectivity index (χ1) is 26.4. The van der Waals surface area contributed by atoms with Gasteiger partial charge in [0, 0.05) is 31.4 Å². The molecular formula is C45H71N3O8. The fraction of sp³-hybridized carbons (Fsp3) is 0.644. The summed E-state index contributed by atoms with van der Waals surface area (Å²) in [6.45, 7) is 19.8. The highest BCUT2D eigenvalue weighted by molar-refractivity contribution is 5.93. The van der Waals surface area contributed by atoms with Crippen molar-refractivity contribution in [2.24, 2.45) is 11.7 Å². The van der Waals surface area contributed by atoms with Crippen molar-refractivity contribution in [1.82, 2.24) is 10.6 Å². The Morgan fingerprint density at radius 3 is 1.73 bits per heavy atom. The first-order valence-electron chi connectivity index (χ1n) is 20.4. The Labute approximate surface area is 336 Å². The summed E-state index contributed by atoms with van der Waals surface area (Å²) in [6, 6.07) is 16.7. The molecule has 2 rings (SSSR count). The second kappa shape index (κ2) is 24.3. The number of ether oxygens (including phenoxy) is 4. The van der Waals surface area contributed by atoms with E-state index in [1.54, 1.807) is 6.92 Å².